The Morgan fingerprint density at radius 3 is 2.39 bits per heavy atom. The van der Waals surface area contributed by atoms with Crippen molar-refractivity contribution in [1.82, 2.24) is 9.21 Å². The van der Waals surface area contributed by atoms with Gasteiger partial charge in [0.2, 0.25) is 10.0 Å². The number of ether oxygens (including phenoxy) is 1. The largest absolute Gasteiger partial charge is 0.396 e. The molecule has 0 saturated carbocycles. The first-order valence-electron chi connectivity index (χ1n) is 6.31. The number of hydrogen-bond acceptors (Lipinski definition) is 5. The van der Waals surface area contributed by atoms with E-state index in [1.807, 2.05) is 0 Å². The van der Waals surface area contributed by atoms with E-state index < -0.39 is 10.0 Å². The fourth-order valence-corrected chi connectivity index (χ4v) is 3.47. The maximum atomic E-state index is 11.4. The Morgan fingerprint density at radius 2 is 1.94 bits per heavy atom. The highest BCUT2D eigenvalue weighted by Gasteiger charge is 2.37. The zero-order valence-corrected chi connectivity index (χ0v) is 11.7. The van der Waals surface area contributed by atoms with Gasteiger partial charge in [0, 0.05) is 44.7 Å². The Labute approximate surface area is 109 Å². The van der Waals surface area contributed by atoms with Crippen LogP contribution in [0.3, 0.4) is 0 Å². The molecule has 1 N–H and O–H groups in total. The maximum Gasteiger partial charge on any atom is 0.211 e. The molecule has 0 aromatic rings. The Hall–Kier alpha value is -0.210. The first-order chi connectivity index (χ1) is 8.45. The van der Waals surface area contributed by atoms with Crippen molar-refractivity contribution in [2.45, 2.75) is 6.42 Å². The van der Waals surface area contributed by atoms with E-state index in [4.69, 9.17) is 4.74 Å². The minimum Gasteiger partial charge on any atom is -0.396 e. The second-order valence-corrected chi connectivity index (χ2v) is 7.38. The van der Waals surface area contributed by atoms with Crippen LogP contribution in [0.15, 0.2) is 0 Å². The normalized spacial score (nSPS) is 31.9. The van der Waals surface area contributed by atoms with Gasteiger partial charge in [-0.15, -0.1) is 0 Å². The van der Waals surface area contributed by atoms with Gasteiger partial charge in [-0.1, -0.05) is 0 Å². The Bertz CT molecular complexity index is 371. The molecule has 2 saturated heterocycles. The third kappa shape index (κ3) is 3.21. The van der Waals surface area contributed by atoms with Crippen LogP contribution < -0.4 is 0 Å². The molecule has 2 aliphatic heterocycles. The van der Waals surface area contributed by atoms with E-state index in [1.165, 1.54) is 10.6 Å². The summed E-state index contributed by atoms with van der Waals surface area (Å²) in [6, 6.07) is 0. The van der Waals surface area contributed by atoms with E-state index >= 15 is 0 Å². The number of sulfonamides is 1. The summed E-state index contributed by atoms with van der Waals surface area (Å²) in [5, 5.41) is 9.52. The summed E-state index contributed by atoms with van der Waals surface area (Å²) in [5.74, 6) is 0. The van der Waals surface area contributed by atoms with Gasteiger partial charge in [0.1, 0.15) is 0 Å². The fourth-order valence-electron chi connectivity index (χ4n) is 2.64. The van der Waals surface area contributed by atoms with Gasteiger partial charge in [0.05, 0.1) is 19.5 Å². The summed E-state index contributed by atoms with van der Waals surface area (Å²) in [4.78, 5) is 2.23. The Morgan fingerprint density at radius 1 is 1.28 bits per heavy atom. The van der Waals surface area contributed by atoms with Crippen molar-refractivity contribution in [3.63, 3.8) is 0 Å². The molecule has 2 rings (SSSR count). The van der Waals surface area contributed by atoms with Gasteiger partial charge in [0.25, 0.3) is 0 Å². The van der Waals surface area contributed by atoms with Crippen LogP contribution in [0.25, 0.3) is 0 Å². The molecule has 18 heavy (non-hydrogen) atoms. The molecule has 1 unspecified atom stereocenters. The van der Waals surface area contributed by atoms with Crippen LogP contribution in [-0.2, 0) is 14.8 Å². The minimum absolute atomic E-state index is 0.138. The Kier molecular flexibility index (Phi) is 4.28. The van der Waals surface area contributed by atoms with Crippen LogP contribution >= 0.6 is 0 Å². The number of rotatable bonds is 4. The number of nitrogens with zero attached hydrogens (tertiary/aromatic N) is 2. The predicted octanol–water partition coefficient (Wildman–Crippen LogP) is -1.04. The highest BCUT2D eigenvalue weighted by molar-refractivity contribution is 7.88. The maximum absolute atomic E-state index is 11.4. The van der Waals surface area contributed by atoms with Gasteiger partial charge >= 0.3 is 0 Å². The summed E-state index contributed by atoms with van der Waals surface area (Å²) in [6.45, 7) is 4.80. The van der Waals surface area contributed by atoms with E-state index in [1.54, 1.807) is 0 Å². The third-order valence-corrected chi connectivity index (χ3v) is 5.18. The molecule has 0 aromatic carbocycles. The molecule has 106 valence electrons. The topological polar surface area (TPSA) is 70.1 Å². The summed E-state index contributed by atoms with van der Waals surface area (Å²) in [5.41, 5.74) is -0.146. The molecule has 7 heteroatoms. The monoisotopic (exact) mass is 278 g/mol. The van der Waals surface area contributed by atoms with Crippen LogP contribution in [0.2, 0.25) is 0 Å². The molecule has 6 nitrogen and oxygen atoms in total. The minimum atomic E-state index is -3.06. The zero-order valence-electron chi connectivity index (χ0n) is 10.8. The lowest BCUT2D eigenvalue weighted by atomic mass is 9.87. The van der Waals surface area contributed by atoms with Crippen molar-refractivity contribution < 1.29 is 18.3 Å². The molecule has 0 aliphatic carbocycles. The van der Waals surface area contributed by atoms with Crippen LogP contribution in [0.4, 0.5) is 0 Å². The van der Waals surface area contributed by atoms with Crippen molar-refractivity contribution in [2.24, 2.45) is 5.41 Å². The van der Waals surface area contributed by atoms with E-state index in [0.717, 1.165) is 26.1 Å². The summed E-state index contributed by atoms with van der Waals surface area (Å²) in [6.07, 6.45) is 2.14. The number of piperazine rings is 1. The molecule has 0 amide bonds. The molecule has 0 bridgehead atoms. The van der Waals surface area contributed by atoms with Crippen LogP contribution in [0.1, 0.15) is 6.42 Å². The molecule has 0 spiro atoms. The smallest absolute Gasteiger partial charge is 0.211 e. The standard InChI is InChI=1S/C11H22N2O4S/c1-18(15,16)13-5-3-12(4-6-13)8-11(9-14)2-7-17-10-11/h14H,2-10H2,1H3. The lowest BCUT2D eigenvalue weighted by Gasteiger charge is -2.38. The molecule has 2 heterocycles. The summed E-state index contributed by atoms with van der Waals surface area (Å²) < 4.78 is 29.7. The quantitative estimate of drug-likeness (QED) is 0.711. The molecule has 2 aliphatic rings. The van der Waals surface area contributed by atoms with Crippen molar-refractivity contribution in [1.29, 1.82) is 0 Å². The molecular formula is C11H22N2O4S. The number of aliphatic hydroxyl groups is 1. The van der Waals surface area contributed by atoms with E-state index in [9.17, 15) is 13.5 Å². The second kappa shape index (κ2) is 5.42. The molecule has 0 radical (unpaired) electrons. The average Bonchev–Trinajstić information content (AvgIpc) is 2.78. The lowest BCUT2D eigenvalue weighted by Crippen LogP contribution is -2.52. The molecular weight excluding hydrogens is 256 g/mol. The molecule has 1 atom stereocenters. The Balaban J connectivity index is 1.87. The first-order valence-corrected chi connectivity index (χ1v) is 8.16. The number of hydrogen-bond donors (Lipinski definition) is 1. The van der Waals surface area contributed by atoms with E-state index in [0.29, 0.717) is 26.3 Å². The first kappa shape index (κ1) is 14.2. The van der Waals surface area contributed by atoms with Gasteiger partial charge in [-0.2, -0.15) is 4.31 Å². The summed E-state index contributed by atoms with van der Waals surface area (Å²) in [7, 11) is -3.06. The van der Waals surface area contributed by atoms with E-state index in [2.05, 4.69) is 4.90 Å². The average molecular weight is 278 g/mol. The fraction of sp³-hybridized carbons (Fsp3) is 1.00. The van der Waals surface area contributed by atoms with Gasteiger partial charge in [0.15, 0.2) is 0 Å². The van der Waals surface area contributed by atoms with Crippen LogP contribution in [-0.4, -0.2) is 81.5 Å². The van der Waals surface area contributed by atoms with Crippen molar-refractivity contribution in [3.8, 4) is 0 Å². The zero-order chi connectivity index (χ0) is 13.2. The predicted molar refractivity (Wildman–Crippen MR) is 67.8 cm³/mol. The summed E-state index contributed by atoms with van der Waals surface area (Å²) >= 11 is 0. The highest BCUT2D eigenvalue weighted by atomic mass is 32.2. The van der Waals surface area contributed by atoms with E-state index in [-0.39, 0.29) is 12.0 Å². The number of aliphatic hydroxyl groups excluding tert-OH is 1. The third-order valence-electron chi connectivity index (χ3n) is 3.88. The van der Waals surface area contributed by atoms with Crippen molar-refractivity contribution in [2.75, 3.05) is 58.8 Å². The second-order valence-electron chi connectivity index (χ2n) is 5.40. The van der Waals surface area contributed by atoms with Crippen molar-refractivity contribution in [3.05, 3.63) is 0 Å². The van der Waals surface area contributed by atoms with Gasteiger partial charge in [-0.25, -0.2) is 8.42 Å². The SMILES string of the molecule is CS(=O)(=O)N1CCN(CC2(CO)CCOC2)CC1. The van der Waals surface area contributed by atoms with Crippen LogP contribution in [0, 0.1) is 5.41 Å². The van der Waals surface area contributed by atoms with Gasteiger partial charge < -0.3 is 9.84 Å². The van der Waals surface area contributed by atoms with Crippen LogP contribution in [0.5, 0.6) is 0 Å². The van der Waals surface area contributed by atoms with Crippen molar-refractivity contribution >= 4 is 10.0 Å². The molecule has 0 aromatic heterocycles. The van der Waals surface area contributed by atoms with Gasteiger partial charge in [-0.05, 0) is 6.42 Å². The highest BCUT2D eigenvalue weighted by Crippen LogP contribution is 2.29. The lowest BCUT2D eigenvalue weighted by molar-refractivity contribution is 0.0461. The molecule has 2 fully saturated rings. The van der Waals surface area contributed by atoms with Gasteiger partial charge in [-0.3, -0.25) is 4.90 Å².